The minimum absolute atomic E-state index is 0.392. The van der Waals surface area contributed by atoms with Gasteiger partial charge in [0, 0.05) is 33.2 Å². The summed E-state index contributed by atoms with van der Waals surface area (Å²) >= 11 is 0. The maximum atomic E-state index is 9.61. The molecule has 2 aromatic heterocycles. The molecule has 2 unspecified atom stereocenters. The molecular formula is C50H39N5. The number of nitrogens with zero attached hydrogens (tertiary/aromatic N) is 5. The lowest BCUT2D eigenvalue weighted by Gasteiger charge is -2.32. The predicted molar refractivity (Wildman–Crippen MR) is 220 cm³/mol. The topological polar surface area (TPSA) is 67.4 Å². The molecule has 2 heterocycles. The van der Waals surface area contributed by atoms with Gasteiger partial charge in [0.1, 0.15) is 0 Å². The first-order valence-corrected chi connectivity index (χ1v) is 19.6. The molecule has 11 rings (SSSR count). The summed E-state index contributed by atoms with van der Waals surface area (Å²) in [5.41, 5.74) is 10.9. The lowest BCUT2D eigenvalue weighted by molar-refractivity contribution is 0.307. The Labute approximate surface area is 321 Å². The quantitative estimate of drug-likeness (QED) is 0.172. The average Bonchev–Trinajstić information content (AvgIpc) is 3.92. The molecule has 3 aliphatic rings. The van der Waals surface area contributed by atoms with Gasteiger partial charge in [-0.1, -0.05) is 116 Å². The molecule has 0 radical (unpaired) electrons. The van der Waals surface area contributed by atoms with E-state index in [0.29, 0.717) is 28.5 Å². The van der Waals surface area contributed by atoms with Crippen LogP contribution in [0.4, 0.5) is 0 Å². The van der Waals surface area contributed by atoms with Crippen molar-refractivity contribution in [3.05, 3.63) is 157 Å². The van der Waals surface area contributed by atoms with Gasteiger partial charge in [-0.15, -0.1) is 0 Å². The van der Waals surface area contributed by atoms with E-state index in [2.05, 4.69) is 109 Å². The highest BCUT2D eigenvalue weighted by Crippen LogP contribution is 2.69. The van der Waals surface area contributed by atoms with Gasteiger partial charge in [0.2, 0.25) is 0 Å². The number of rotatable bonds is 6. The Morgan fingerprint density at radius 2 is 1.15 bits per heavy atom. The van der Waals surface area contributed by atoms with Gasteiger partial charge in [0.25, 0.3) is 0 Å². The van der Waals surface area contributed by atoms with Crippen molar-refractivity contribution in [3.8, 4) is 57.0 Å². The van der Waals surface area contributed by atoms with Crippen LogP contribution in [-0.4, -0.2) is 19.5 Å². The third kappa shape index (κ3) is 5.01. The molecule has 0 amide bonds. The highest BCUT2D eigenvalue weighted by atomic mass is 15.0. The number of nitriles is 1. The monoisotopic (exact) mass is 709 g/mol. The number of fused-ring (bicyclic) bond motifs is 4. The Kier molecular flexibility index (Phi) is 7.19. The molecule has 3 fully saturated rings. The Balaban J connectivity index is 0.985. The molecule has 0 N–H and O–H groups in total. The van der Waals surface area contributed by atoms with Crippen LogP contribution < -0.4 is 0 Å². The van der Waals surface area contributed by atoms with Crippen molar-refractivity contribution in [2.24, 2.45) is 23.7 Å². The first kappa shape index (κ1) is 32.1. The van der Waals surface area contributed by atoms with Gasteiger partial charge in [-0.25, -0.2) is 15.0 Å². The number of hydrogen-bond donors (Lipinski definition) is 0. The highest BCUT2D eigenvalue weighted by molar-refractivity contribution is 6.10. The van der Waals surface area contributed by atoms with E-state index in [-0.39, 0.29) is 0 Å². The van der Waals surface area contributed by atoms with E-state index in [4.69, 9.17) is 15.0 Å². The summed E-state index contributed by atoms with van der Waals surface area (Å²) in [5, 5.41) is 12.0. The first-order valence-electron chi connectivity index (χ1n) is 19.6. The molecule has 264 valence electrons. The molecule has 6 aromatic carbocycles. The van der Waals surface area contributed by atoms with Crippen molar-refractivity contribution in [3.63, 3.8) is 0 Å². The van der Waals surface area contributed by atoms with E-state index in [9.17, 15) is 5.26 Å². The van der Waals surface area contributed by atoms with Crippen molar-refractivity contribution < 1.29 is 0 Å². The first-order chi connectivity index (χ1) is 27.1. The Morgan fingerprint density at radius 1 is 0.564 bits per heavy atom. The van der Waals surface area contributed by atoms with Gasteiger partial charge in [-0.3, -0.25) is 0 Å². The van der Waals surface area contributed by atoms with Crippen LogP contribution in [0, 0.1) is 35.0 Å². The maximum absolute atomic E-state index is 9.61. The summed E-state index contributed by atoms with van der Waals surface area (Å²) in [6.07, 6.45) is 5.68. The molecule has 55 heavy (non-hydrogen) atoms. The van der Waals surface area contributed by atoms with E-state index < -0.39 is 0 Å². The molecule has 2 bridgehead atoms. The van der Waals surface area contributed by atoms with Crippen LogP contribution >= 0.6 is 0 Å². The van der Waals surface area contributed by atoms with Crippen LogP contribution in [0.15, 0.2) is 146 Å². The average molecular weight is 710 g/mol. The second-order valence-electron chi connectivity index (χ2n) is 16.1. The highest BCUT2D eigenvalue weighted by Gasteiger charge is 2.63. The van der Waals surface area contributed by atoms with Crippen LogP contribution in [0.3, 0.4) is 0 Å². The molecule has 0 aliphatic heterocycles. The molecule has 3 saturated carbocycles. The van der Waals surface area contributed by atoms with E-state index >= 15 is 0 Å². The number of para-hydroxylation sites is 1. The standard InChI is InChI=1S/C50H39N5/c1-31-46-38-14-15-39(46)29-50(31,28-38)40-21-16-33(17-22-40)34-18-23-41(24-19-34)55-44-13-6-5-12-42(44)43-25-20-37(27-45(43)55)49-53-47(35-9-3-2-4-10-35)52-48(54-49)36-11-7-8-32(26-36)30-51/h2-13,16-27,31,38-39,46H,14-15,28-29H2,1H3/t31-,38-,39+,46?,50?/m0/s1. The number of benzene rings is 6. The van der Waals surface area contributed by atoms with E-state index in [1.807, 2.05) is 48.5 Å². The normalized spacial score (nSPS) is 22.4. The van der Waals surface area contributed by atoms with Crippen LogP contribution in [0.5, 0.6) is 0 Å². The van der Waals surface area contributed by atoms with Crippen LogP contribution in [0.1, 0.15) is 43.7 Å². The summed E-state index contributed by atoms with van der Waals surface area (Å²) in [7, 11) is 0. The van der Waals surface area contributed by atoms with Crippen molar-refractivity contribution in [1.29, 1.82) is 5.26 Å². The molecule has 0 spiro atoms. The van der Waals surface area contributed by atoms with Crippen LogP contribution in [-0.2, 0) is 5.41 Å². The molecule has 5 nitrogen and oxygen atoms in total. The van der Waals surface area contributed by atoms with Gasteiger partial charge in [-0.05, 0) is 108 Å². The lowest BCUT2D eigenvalue weighted by atomic mass is 9.72. The summed E-state index contributed by atoms with van der Waals surface area (Å²) < 4.78 is 2.35. The van der Waals surface area contributed by atoms with E-state index in [0.717, 1.165) is 57.1 Å². The minimum Gasteiger partial charge on any atom is -0.309 e. The summed E-state index contributed by atoms with van der Waals surface area (Å²) in [4.78, 5) is 14.9. The summed E-state index contributed by atoms with van der Waals surface area (Å²) in [6.45, 7) is 2.54. The third-order valence-electron chi connectivity index (χ3n) is 13.5. The maximum Gasteiger partial charge on any atom is 0.164 e. The Morgan fingerprint density at radius 3 is 1.84 bits per heavy atom. The van der Waals surface area contributed by atoms with Crippen LogP contribution in [0.2, 0.25) is 0 Å². The fraction of sp³-hybridized carbons (Fsp3) is 0.200. The Bertz CT molecular complexity index is 2800. The summed E-state index contributed by atoms with van der Waals surface area (Å²) in [6, 6.07) is 53.4. The fourth-order valence-corrected chi connectivity index (χ4v) is 11.0. The molecule has 0 saturated heterocycles. The number of hydrogen-bond acceptors (Lipinski definition) is 4. The zero-order chi connectivity index (χ0) is 36.7. The second-order valence-corrected chi connectivity index (χ2v) is 16.1. The molecule has 5 atom stereocenters. The molecule has 8 aromatic rings. The van der Waals surface area contributed by atoms with Crippen LogP contribution in [0.25, 0.3) is 72.8 Å². The zero-order valence-corrected chi connectivity index (χ0v) is 30.7. The van der Waals surface area contributed by atoms with Crippen molar-refractivity contribution in [1.82, 2.24) is 19.5 Å². The smallest absolute Gasteiger partial charge is 0.164 e. The zero-order valence-electron chi connectivity index (χ0n) is 30.7. The minimum atomic E-state index is 0.392. The van der Waals surface area contributed by atoms with Crippen molar-refractivity contribution >= 4 is 21.8 Å². The Hall–Kier alpha value is -6.38. The second kappa shape index (κ2) is 12.3. The molecular weight excluding hydrogens is 671 g/mol. The predicted octanol–water partition coefficient (Wildman–Crippen LogP) is 11.8. The fourth-order valence-electron chi connectivity index (χ4n) is 11.0. The van der Waals surface area contributed by atoms with Gasteiger partial charge in [-0.2, -0.15) is 5.26 Å². The van der Waals surface area contributed by atoms with Gasteiger partial charge in [0.05, 0.1) is 22.7 Å². The molecule has 3 aliphatic carbocycles. The number of aromatic nitrogens is 4. The lowest BCUT2D eigenvalue weighted by Crippen LogP contribution is -2.26. The van der Waals surface area contributed by atoms with Gasteiger partial charge in [0.15, 0.2) is 17.5 Å². The van der Waals surface area contributed by atoms with Gasteiger partial charge >= 0.3 is 0 Å². The largest absolute Gasteiger partial charge is 0.309 e. The summed E-state index contributed by atoms with van der Waals surface area (Å²) in [5.74, 6) is 5.36. The molecule has 5 heteroatoms. The van der Waals surface area contributed by atoms with E-state index in [1.165, 1.54) is 47.6 Å². The van der Waals surface area contributed by atoms with E-state index in [1.54, 1.807) is 11.6 Å². The van der Waals surface area contributed by atoms with Gasteiger partial charge < -0.3 is 4.57 Å². The third-order valence-corrected chi connectivity index (χ3v) is 13.5. The SMILES string of the molecule is C[C@H]1C2[C@@H]3CC[C@H]2CC1(c1ccc(-c2ccc(-n4c5ccccc5c5ccc(-c6nc(-c7ccccc7)nc(-c7cccc(C#N)c7)n6)cc54)cc2)cc1)C3. The van der Waals surface area contributed by atoms with Crippen molar-refractivity contribution in [2.75, 3.05) is 0 Å². The van der Waals surface area contributed by atoms with Crippen molar-refractivity contribution in [2.45, 2.75) is 38.0 Å².